The second kappa shape index (κ2) is 11.8. The lowest BCUT2D eigenvalue weighted by atomic mass is 9.67. The van der Waals surface area contributed by atoms with Gasteiger partial charge in [-0.15, -0.1) is 0 Å². The van der Waals surface area contributed by atoms with E-state index < -0.39 is 5.41 Å². The molecule has 0 atom stereocenters. The molecule has 3 aromatic heterocycles. The van der Waals surface area contributed by atoms with E-state index in [-0.39, 0.29) is 0 Å². The Bertz CT molecular complexity index is 3070. The van der Waals surface area contributed by atoms with Crippen molar-refractivity contribution in [2.24, 2.45) is 5.73 Å². The summed E-state index contributed by atoms with van der Waals surface area (Å²) in [6.45, 7) is 2.14. The second-order valence-corrected chi connectivity index (χ2v) is 14.5. The number of fused-ring (bicyclic) bond motifs is 7. The molecule has 55 heavy (non-hydrogen) atoms. The molecule has 1 aliphatic heterocycles. The number of benzene rings is 6. The Morgan fingerprint density at radius 1 is 0.618 bits per heavy atom. The van der Waals surface area contributed by atoms with E-state index in [2.05, 4.69) is 185 Å². The Balaban J connectivity index is 1.04. The van der Waals surface area contributed by atoms with Crippen molar-refractivity contribution in [1.82, 2.24) is 18.8 Å². The summed E-state index contributed by atoms with van der Waals surface area (Å²) in [7, 11) is 0. The van der Waals surface area contributed by atoms with Gasteiger partial charge in [-0.3, -0.25) is 4.57 Å². The number of nitrogens with zero attached hydrogens (tertiary/aromatic N) is 3. The number of allylic oxidation sites excluding steroid dienone is 2. The van der Waals surface area contributed by atoms with Crippen LogP contribution in [0.2, 0.25) is 0 Å². The maximum absolute atomic E-state index is 5.80. The van der Waals surface area contributed by atoms with E-state index in [9.17, 15) is 0 Å². The highest BCUT2D eigenvalue weighted by Gasteiger charge is 2.52. The molecule has 0 saturated heterocycles. The van der Waals surface area contributed by atoms with E-state index in [1.54, 1.807) is 6.20 Å². The molecule has 0 spiro atoms. The summed E-state index contributed by atoms with van der Waals surface area (Å²) in [4.78, 5) is 3.42. The van der Waals surface area contributed by atoms with Gasteiger partial charge in [0.2, 0.25) is 0 Å². The van der Waals surface area contributed by atoms with Crippen LogP contribution in [-0.2, 0) is 5.41 Å². The summed E-state index contributed by atoms with van der Waals surface area (Å²) in [5.74, 6) is 0. The number of nitrogens with one attached hydrogen (secondary N) is 1. The van der Waals surface area contributed by atoms with Crippen molar-refractivity contribution < 1.29 is 0 Å². The Labute approximate surface area is 318 Å². The number of hydrogen-bond acceptors (Lipinski definition) is 1. The van der Waals surface area contributed by atoms with Crippen LogP contribution >= 0.6 is 0 Å². The zero-order chi connectivity index (χ0) is 36.7. The number of hydrogen-bond donors (Lipinski definition) is 2. The molecule has 260 valence electrons. The lowest BCUT2D eigenvalue weighted by Gasteiger charge is -2.32. The fourth-order valence-electron chi connectivity index (χ4n) is 9.55. The summed E-state index contributed by atoms with van der Waals surface area (Å²) < 4.78 is 9.49. The first kappa shape index (κ1) is 31.2. The number of H-pyrrole nitrogens is 1. The van der Waals surface area contributed by atoms with Gasteiger partial charge in [-0.05, 0) is 89.5 Å². The highest BCUT2D eigenvalue weighted by atomic mass is 15.1. The van der Waals surface area contributed by atoms with Gasteiger partial charge in [0.1, 0.15) is 5.65 Å². The molecule has 2 aliphatic rings. The zero-order valence-electron chi connectivity index (χ0n) is 30.2. The van der Waals surface area contributed by atoms with Crippen LogP contribution in [0.1, 0.15) is 33.5 Å². The average Bonchev–Trinajstić information content (AvgIpc) is 4.06. The molecular weight excluding hydrogens is 671 g/mol. The molecule has 0 bridgehead atoms. The molecule has 4 heterocycles. The molecule has 9 aromatic rings. The lowest BCUT2D eigenvalue weighted by molar-refractivity contribution is 0.775. The van der Waals surface area contributed by atoms with Gasteiger partial charge in [0.25, 0.3) is 6.21 Å². The van der Waals surface area contributed by atoms with Gasteiger partial charge in [-0.25, -0.2) is 0 Å². The summed E-state index contributed by atoms with van der Waals surface area (Å²) in [5.41, 5.74) is 23.1. The monoisotopic (exact) mass is 706 g/mol. The van der Waals surface area contributed by atoms with Gasteiger partial charge in [-0.2, -0.15) is 0 Å². The maximum atomic E-state index is 5.80. The SMILES string of the molecule is Cc1c(/C=C\N)c2cc[nH]c2n1-c1ccc(-c2ccc(-n3c4ccccc4c4c5c(ccc43)C(c3ccccc3)(c3ccccc3)C3=C5C=[N+]=C3)cc2)cc1. The molecule has 0 amide bonds. The van der Waals surface area contributed by atoms with E-state index in [0.29, 0.717) is 0 Å². The quantitative estimate of drug-likeness (QED) is 0.166. The minimum absolute atomic E-state index is 0.477. The van der Waals surface area contributed by atoms with Crippen molar-refractivity contribution in [3.8, 4) is 22.5 Å². The average molecular weight is 707 g/mol. The Morgan fingerprint density at radius 3 is 1.93 bits per heavy atom. The van der Waals surface area contributed by atoms with Crippen molar-refractivity contribution in [1.29, 1.82) is 0 Å². The zero-order valence-corrected chi connectivity index (χ0v) is 30.2. The van der Waals surface area contributed by atoms with Gasteiger partial charge in [0.15, 0.2) is 0 Å². The van der Waals surface area contributed by atoms with E-state index in [0.717, 1.165) is 33.7 Å². The molecule has 5 nitrogen and oxygen atoms in total. The third-order valence-corrected chi connectivity index (χ3v) is 11.8. The molecule has 0 fully saturated rings. The van der Waals surface area contributed by atoms with Crippen LogP contribution in [0.4, 0.5) is 0 Å². The molecule has 3 N–H and O–H groups in total. The predicted molar refractivity (Wildman–Crippen MR) is 229 cm³/mol. The summed E-state index contributed by atoms with van der Waals surface area (Å²) in [5, 5.41) is 3.66. The van der Waals surface area contributed by atoms with Crippen molar-refractivity contribution in [2.75, 3.05) is 0 Å². The van der Waals surface area contributed by atoms with Crippen molar-refractivity contribution in [2.45, 2.75) is 12.3 Å². The van der Waals surface area contributed by atoms with Crippen LogP contribution in [0.15, 0.2) is 170 Å². The predicted octanol–water partition coefficient (Wildman–Crippen LogP) is 10.3. The number of aromatic amines is 1. The molecule has 0 unspecified atom stereocenters. The van der Waals surface area contributed by atoms with Crippen LogP contribution in [-0.4, -0.2) is 26.5 Å². The number of para-hydroxylation sites is 1. The van der Waals surface area contributed by atoms with Crippen molar-refractivity contribution >= 4 is 56.9 Å². The lowest BCUT2D eigenvalue weighted by Crippen LogP contribution is -2.30. The first-order valence-corrected chi connectivity index (χ1v) is 18.8. The number of aromatic nitrogens is 3. The molecule has 5 heteroatoms. The van der Waals surface area contributed by atoms with Gasteiger partial charge in [-0.1, -0.05) is 114 Å². The summed E-state index contributed by atoms with van der Waals surface area (Å²) in [6.07, 6.45) is 9.72. The van der Waals surface area contributed by atoms with Gasteiger partial charge >= 0.3 is 6.21 Å². The Kier molecular flexibility index (Phi) is 6.72. The van der Waals surface area contributed by atoms with E-state index >= 15 is 0 Å². The van der Waals surface area contributed by atoms with Crippen molar-refractivity contribution in [3.05, 3.63) is 203 Å². The normalized spacial score (nSPS) is 14.3. The Morgan fingerprint density at radius 2 is 1.25 bits per heavy atom. The van der Waals surface area contributed by atoms with Crippen molar-refractivity contribution in [3.63, 3.8) is 0 Å². The minimum atomic E-state index is -0.477. The first-order chi connectivity index (χ1) is 27.2. The van der Waals surface area contributed by atoms with Crippen LogP contribution < -0.4 is 10.4 Å². The van der Waals surface area contributed by atoms with Crippen LogP contribution in [0.3, 0.4) is 0 Å². The highest BCUT2D eigenvalue weighted by Crippen LogP contribution is 2.56. The molecule has 0 radical (unpaired) electrons. The number of rotatable bonds is 6. The van der Waals surface area contributed by atoms with E-state index in [1.165, 1.54) is 66.3 Å². The van der Waals surface area contributed by atoms with Crippen LogP contribution in [0, 0.1) is 6.92 Å². The van der Waals surface area contributed by atoms with Crippen LogP contribution in [0.25, 0.3) is 67.0 Å². The molecule has 11 rings (SSSR count). The first-order valence-electron chi connectivity index (χ1n) is 18.8. The third kappa shape index (κ3) is 4.27. The maximum Gasteiger partial charge on any atom is 0.300 e. The van der Waals surface area contributed by atoms with E-state index in [4.69, 9.17) is 10.4 Å². The molecule has 6 aromatic carbocycles. The molecule has 1 aliphatic carbocycles. The van der Waals surface area contributed by atoms with Gasteiger partial charge < -0.3 is 15.3 Å². The standard InChI is InChI=1S/C50H36N5/c1-32-39(26-28-51)40-27-29-53-49(40)54(32)37-20-16-33(17-21-37)34-18-22-38(23-19-34)55-45-15-9-8-14-41(45)48-46(55)25-24-43-47(48)42-30-52-31-44(42)50(43,35-10-4-2-5-11-35)36-12-6-3-7-13-36/h2-31,53H,51H2,1H3/q+1. The fraction of sp³-hybridized carbons (Fsp3) is 0.0400. The smallest absolute Gasteiger partial charge is 0.300 e. The third-order valence-electron chi connectivity index (χ3n) is 11.8. The molecule has 0 saturated carbocycles. The topological polar surface area (TPSA) is 65.8 Å². The van der Waals surface area contributed by atoms with Gasteiger partial charge in [0.05, 0.1) is 27.6 Å². The van der Waals surface area contributed by atoms with Gasteiger partial charge in [0, 0.05) is 50.6 Å². The fourth-order valence-corrected chi connectivity index (χ4v) is 9.55. The Hall–Kier alpha value is -7.33. The summed E-state index contributed by atoms with van der Waals surface area (Å²) in [6, 6.07) is 55.2. The summed E-state index contributed by atoms with van der Waals surface area (Å²) >= 11 is 0. The molecular formula is C50H36N5+. The largest absolute Gasteiger partial charge is 0.405 e. The van der Waals surface area contributed by atoms with Crippen LogP contribution in [0.5, 0.6) is 0 Å². The van der Waals surface area contributed by atoms with E-state index in [1.807, 2.05) is 12.3 Å². The second-order valence-electron chi connectivity index (χ2n) is 14.5. The highest BCUT2D eigenvalue weighted by molar-refractivity contribution is 6.30. The minimum Gasteiger partial charge on any atom is -0.405 e. The number of nitrogens with two attached hydrogens (primary N) is 1.